The molecule has 0 fully saturated rings. The number of aliphatic carboxylic acids is 1. The molecule has 7 heteroatoms. The average molecular weight is 392 g/mol. The number of aromatic nitrogens is 1. The lowest BCUT2D eigenvalue weighted by molar-refractivity contribution is -0.308. The van der Waals surface area contributed by atoms with E-state index in [1.165, 1.54) is 6.92 Å². The highest BCUT2D eigenvalue weighted by atomic mass is 16.4. The molecule has 3 rings (SSSR count). The third-order valence-corrected chi connectivity index (χ3v) is 4.68. The van der Waals surface area contributed by atoms with Crippen LogP contribution in [0.15, 0.2) is 60.8 Å². The maximum atomic E-state index is 12.8. The van der Waals surface area contributed by atoms with Crippen LogP contribution in [0.5, 0.6) is 0 Å². The molecule has 0 saturated carbocycles. The van der Waals surface area contributed by atoms with Gasteiger partial charge in [-0.15, -0.1) is 0 Å². The second-order valence-electron chi connectivity index (χ2n) is 6.89. The normalized spacial score (nSPS) is 12.9. The molecule has 0 aliphatic heterocycles. The van der Waals surface area contributed by atoms with Gasteiger partial charge in [0.1, 0.15) is 6.04 Å². The van der Waals surface area contributed by atoms with E-state index in [-0.39, 0.29) is 18.7 Å². The Kier molecular flexibility index (Phi) is 6.29. The number of fused-ring (bicyclic) bond motifs is 1. The summed E-state index contributed by atoms with van der Waals surface area (Å²) in [6, 6.07) is 14.6. The van der Waals surface area contributed by atoms with Crippen molar-refractivity contribution < 1.29 is 19.5 Å². The lowest BCUT2D eigenvalue weighted by Crippen LogP contribution is -2.55. The summed E-state index contributed by atoms with van der Waals surface area (Å²) in [5.41, 5.74) is 2.49. The Morgan fingerprint density at radius 1 is 0.931 bits per heavy atom. The molecule has 2 amide bonds. The van der Waals surface area contributed by atoms with Crippen molar-refractivity contribution in [2.24, 2.45) is 0 Å². The number of carboxylic acid groups (broad SMARTS) is 1. The number of aromatic amines is 1. The van der Waals surface area contributed by atoms with Gasteiger partial charge in [-0.2, -0.15) is 0 Å². The second-order valence-corrected chi connectivity index (χ2v) is 6.89. The van der Waals surface area contributed by atoms with Crippen molar-refractivity contribution >= 4 is 28.7 Å². The molecule has 3 N–H and O–H groups in total. The van der Waals surface area contributed by atoms with Gasteiger partial charge in [-0.3, -0.25) is 9.59 Å². The number of carbonyl (C=O) groups is 3. The van der Waals surface area contributed by atoms with E-state index in [2.05, 4.69) is 15.6 Å². The van der Waals surface area contributed by atoms with Gasteiger partial charge in [-0.1, -0.05) is 48.5 Å². The second kappa shape index (κ2) is 9.05. The minimum atomic E-state index is -1.38. The van der Waals surface area contributed by atoms with Crippen LogP contribution >= 0.6 is 0 Å². The van der Waals surface area contributed by atoms with Gasteiger partial charge >= 0.3 is 0 Å². The summed E-state index contributed by atoms with van der Waals surface area (Å²) < 4.78 is 0. The highest BCUT2D eigenvalue weighted by molar-refractivity contribution is 5.90. The van der Waals surface area contributed by atoms with Gasteiger partial charge in [0.2, 0.25) is 11.8 Å². The molecule has 0 aliphatic carbocycles. The highest BCUT2D eigenvalue weighted by Crippen LogP contribution is 2.19. The Labute approximate surface area is 168 Å². The molecule has 2 aromatic carbocycles. The van der Waals surface area contributed by atoms with Gasteiger partial charge in [-0.25, -0.2) is 0 Å². The van der Waals surface area contributed by atoms with Crippen LogP contribution in [0.1, 0.15) is 18.1 Å². The fourth-order valence-corrected chi connectivity index (χ4v) is 3.29. The zero-order valence-corrected chi connectivity index (χ0v) is 16.0. The van der Waals surface area contributed by atoms with Gasteiger partial charge in [0, 0.05) is 36.9 Å². The molecule has 3 aromatic rings. The first kappa shape index (κ1) is 20.1. The monoisotopic (exact) mass is 392 g/mol. The minimum absolute atomic E-state index is 0.0657. The summed E-state index contributed by atoms with van der Waals surface area (Å²) in [5, 5.41) is 17.7. The molecule has 0 radical (unpaired) electrons. The molecule has 0 aliphatic rings. The van der Waals surface area contributed by atoms with Gasteiger partial charge in [0.15, 0.2) is 0 Å². The van der Waals surface area contributed by atoms with E-state index in [0.29, 0.717) is 0 Å². The Bertz CT molecular complexity index is 1010. The minimum Gasteiger partial charge on any atom is -0.548 e. The molecule has 1 heterocycles. The number of rotatable bonds is 8. The fourth-order valence-electron chi connectivity index (χ4n) is 3.29. The average Bonchev–Trinajstić information content (AvgIpc) is 3.10. The number of benzene rings is 2. The first-order chi connectivity index (χ1) is 13.9. The third-order valence-electron chi connectivity index (χ3n) is 4.68. The molecule has 0 spiro atoms. The van der Waals surface area contributed by atoms with Crippen molar-refractivity contribution in [1.29, 1.82) is 0 Å². The van der Waals surface area contributed by atoms with Crippen molar-refractivity contribution in [2.45, 2.75) is 31.8 Å². The fraction of sp³-hybridized carbons (Fsp3) is 0.227. The Balaban J connectivity index is 1.75. The van der Waals surface area contributed by atoms with Crippen LogP contribution in [0.25, 0.3) is 10.9 Å². The summed E-state index contributed by atoms with van der Waals surface area (Å²) >= 11 is 0. The topological polar surface area (TPSA) is 114 Å². The summed E-state index contributed by atoms with van der Waals surface area (Å²) in [5.74, 6) is -2.33. The van der Waals surface area contributed by atoms with Crippen LogP contribution in [0.2, 0.25) is 0 Å². The molecule has 0 bridgehead atoms. The molecule has 1 aromatic heterocycles. The van der Waals surface area contributed by atoms with Crippen molar-refractivity contribution in [3.8, 4) is 0 Å². The van der Waals surface area contributed by atoms with E-state index in [0.717, 1.165) is 22.0 Å². The maximum Gasteiger partial charge on any atom is 0.243 e. The first-order valence-electron chi connectivity index (χ1n) is 9.31. The van der Waals surface area contributed by atoms with E-state index >= 15 is 0 Å². The van der Waals surface area contributed by atoms with E-state index in [9.17, 15) is 19.5 Å². The number of carbonyl (C=O) groups excluding carboxylic acids is 3. The quantitative estimate of drug-likeness (QED) is 0.523. The number of hydrogen-bond acceptors (Lipinski definition) is 4. The molecular formula is C22H22N3O4-. The van der Waals surface area contributed by atoms with Crippen molar-refractivity contribution in [1.82, 2.24) is 15.6 Å². The number of nitrogens with one attached hydrogen (secondary N) is 3. The lowest BCUT2D eigenvalue weighted by Gasteiger charge is -2.24. The van der Waals surface area contributed by atoms with Crippen LogP contribution in [0.3, 0.4) is 0 Å². The molecular weight excluding hydrogens is 370 g/mol. The van der Waals surface area contributed by atoms with Crippen LogP contribution in [0, 0.1) is 0 Å². The van der Waals surface area contributed by atoms with Crippen LogP contribution in [-0.4, -0.2) is 34.9 Å². The van der Waals surface area contributed by atoms with E-state index in [1.807, 2.05) is 54.6 Å². The van der Waals surface area contributed by atoms with E-state index < -0.39 is 24.0 Å². The number of para-hydroxylation sites is 1. The Morgan fingerprint density at radius 3 is 2.31 bits per heavy atom. The number of hydrogen-bond donors (Lipinski definition) is 3. The summed E-state index contributed by atoms with van der Waals surface area (Å²) in [4.78, 5) is 39.1. The lowest BCUT2D eigenvalue weighted by atomic mass is 10.0. The SMILES string of the molecule is CC(=O)N[C@@H](Cc1ccccc1)C(=O)N[C@@H](Cc1c[nH]c2ccccc12)C(=O)[O-]. The molecule has 0 saturated heterocycles. The molecule has 29 heavy (non-hydrogen) atoms. The smallest absolute Gasteiger partial charge is 0.243 e. The predicted octanol–water partition coefficient (Wildman–Crippen LogP) is 0.692. The Hall–Kier alpha value is -3.61. The van der Waals surface area contributed by atoms with Gasteiger partial charge in [0.25, 0.3) is 0 Å². The molecule has 2 atom stereocenters. The summed E-state index contributed by atoms with van der Waals surface area (Å²) in [7, 11) is 0. The first-order valence-corrected chi connectivity index (χ1v) is 9.31. The van der Waals surface area contributed by atoms with E-state index in [1.54, 1.807) is 6.20 Å². The van der Waals surface area contributed by atoms with Gasteiger partial charge < -0.3 is 25.5 Å². The van der Waals surface area contributed by atoms with Crippen molar-refractivity contribution in [2.75, 3.05) is 0 Å². The number of carboxylic acids is 1. The molecule has 0 unspecified atom stereocenters. The van der Waals surface area contributed by atoms with E-state index in [4.69, 9.17) is 0 Å². The van der Waals surface area contributed by atoms with Gasteiger partial charge in [-0.05, 0) is 17.2 Å². The van der Waals surface area contributed by atoms with Crippen LogP contribution in [0.4, 0.5) is 0 Å². The summed E-state index contributed by atoms with van der Waals surface area (Å²) in [6.07, 6.45) is 2.04. The van der Waals surface area contributed by atoms with Crippen molar-refractivity contribution in [3.63, 3.8) is 0 Å². The number of amides is 2. The van der Waals surface area contributed by atoms with Crippen LogP contribution in [-0.2, 0) is 27.2 Å². The van der Waals surface area contributed by atoms with Crippen LogP contribution < -0.4 is 15.7 Å². The van der Waals surface area contributed by atoms with Crippen molar-refractivity contribution in [3.05, 3.63) is 71.9 Å². The predicted molar refractivity (Wildman–Crippen MR) is 107 cm³/mol. The largest absolute Gasteiger partial charge is 0.548 e. The molecule has 150 valence electrons. The highest BCUT2D eigenvalue weighted by Gasteiger charge is 2.24. The van der Waals surface area contributed by atoms with Gasteiger partial charge in [0.05, 0.1) is 12.0 Å². The Morgan fingerprint density at radius 2 is 1.62 bits per heavy atom. The zero-order valence-electron chi connectivity index (χ0n) is 16.0. The third kappa shape index (κ3) is 5.22. The zero-order chi connectivity index (χ0) is 20.8. The molecule has 7 nitrogen and oxygen atoms in total. The number of H-pyrrole nitrogens is 1. The standard InChI is InChI=1S/C22H23N3O4/c1-14(26)24-19(11-15-7-3-2-4-8-15)21(27)25-20(22(28)29)12-16-13-23-18-10-6-5-9-17(16)18/h2-10,13,19-20,23H,11-12H2,1H3,(H,24,26)(H,25,27)(H,28,29)/p-1/t19-,20-/m0/s1. The summed E-state index contributed by atoms with van der Waals surface area (Å²) in [6.45, 7) is 1.31. The maximum absolute atomic E-state index is 12.8.